The molecule has 1 saturated carbocycles. The molecule has 6 nitrogen and oxygen atoms in total. The zero-order valence-corrected chi connectivity index (χ0v) is 11.3. The maximum Gasteiger partial charge on any atom is 0.272 e. The quantitative estimate of drug-likeness (QED) is 0.888. The van der Waals surface area contributed by atoms with Crippen molar-refractivity contribution in [2.45, 2.75) is 43.0 Å². The van der Waals surface area contributed by atoms with Crippen LogP contribution in [0.5, 0.6) is 0 Å². The van der Waals surface area contributed by atoms with Gasteiger partial charge < -0.3 is 5.73 Å². The van der Waals surface area contributed by atoms with Crippen molar-refractivity contribution in [3.8, 4) is 0 Å². The van der Waals surface area contributed by atoms with E-state index in [0.29, 0.717) is 6.54 Å². The van der Waals surface area contributed by atoms with Gasteiger partial charge in [-0.2, -0.15) is 4.31 Å². The van der Waals surface area contributed by atoms with E-state index in [4.69, 9.17) is 5.73 Å². The van der Waals surface area contributed by atoms with Crippen LogP contribution in [0.2, 0.25) is 0 Å². The lowest BCUT2D eigenvalue weighted by atomic mass is 10.2. The van der Waals surface area contributed by atoms with Crippen LogP contribution in [0.4, 0.5) is 5.13 Å². The van der Waals surface area contributed by atoms with Crippen LogP contribution in [-0.4, -0.2) is 35.5 Å². The molecule has 1 fully saturated rings. The Balaban J connectivity index is 2.29. The number of nitrogens with zero attached hydrogens (tertiary/aromatic N) is 3. The minimum absolute atomic E-state index is 0.00347. The predicted molar refractivity (Wildman–Crippen MR) is 66.1 cm³/mol. The SMILES string of the molecule is CCN(C1CCCC1)S(=O)(=O)c1nnc(N)s1. The van der Waals surface area contributed by atoms with Gasteiger partial charge in [-0.05, 0) is 12.8 Å². The fourth-order valence-corrected chi connectivity index (χ4v) is 4.84. The van der Waals surface area contributed by atoms with Gasteiger partial charge in [0.25, 0.3) is 10.0 Å². The van der Waals surface area contributed by atoms with E-state index in [-0.39, 0.29) is 15.5 Å². The molecule has 0 radical (unpaired) electrons. The molecule has 2 rings (SSSR count). The summed E-state index contributed by atoms with van der Waals surface area (Å²) in [7, 11) is -3.52. The van der Waals surface area contributed by atoms with Gasteiger partial charge in [-0.1, -0.05) is 31.1 Å². The van der Waals surface area contributed by atoms with Gasteiger partial charge in [0.15, 0.2) is 0 Å². The average molecular weight is 276 g/mol. The van der Waals surface area contributed by atoms with Crippen LogP contribution in [0.15, 0.2) is 4.34 Å². The second-order valence-corrected chi connectivity index (χ2v) is 7.13. The molecule has 0 aromatic carbocycles. The molecular weight excluding hydrogens is 260 g/mol. The molecular formula is C9H16N4O2S2. The zero-order valence-electron chi connectivity index (χ0n) is 9.66. The van der Waals surface area contributed by atoms with Gasteiger partial charge >= 0.3 is 0 Å². The largest absolute Gasteiger partial charge is 0.374 e. The molecule has 0 spiro atoms. The molecule has 1 aliphatic rings. The Morgan fingerprint density at radius 1 is 1.41 bits per heavy atom. The molecule has 0 atom stereocenters. The van der Waals surface area contributed by atoms with E-state index in [0.717, 1.165) is 37.0 Å². The first kappa shape index (κ1) is 12.7. The highest BCUT2D eigenvalue weighted by Gasteiger charge is 2.34. The van der Waals surface area contributed by atoms with E-state index >= 15 is 0 Å². The maximum atomic E-state index is 12.3. The highest BCUT2D eigenvalue weighted by molar-refractivity contribution is 7.91. The third-order valence-electron chi connectivity index (χ3n) is 3.00. The van der Waals surface area contributed by atoms with E-state index in [1.54, 1.807) is 0 Å². The van der Waals surface area contributed by atoms with Crippen molar-refractivity contribution in [1.82, 2.24) is 14.5 Å². The molecule has 8 heteroatoms. The number of rotatable bonds is 4. The van der Waals surface area contributed by atoms with Gasteiger partial charge in [-0.25, -0.2) is 8.42 Å². The summed E-state index contributed by atoms with van der Waals surface area (Å²) in [4.78, 5) is 0. The summed E-state index contributed by atoms with van der Waals surface area (Å²) in [5, 5.41) is 7.39. The van der Waals surface area contributed by atoms with Crippen LogP contribution >= 0.6 is 11.3 Å². The van der Waals surface area contributed by atoms with Crippen molar-refractivity contribution in [1.29, 1.82) is 0 Å². The number of nitrogen functional groups attached to an aromatic ring is 1. The Bertz CT molecular complexity index is 479. The highest BCUT2D eigenvalue weighted by Crippen LogP contribution is 2.29. The van der Waals surface area contributed by atoms with Crippen molar-refractivity contribution in [2.24, 2.45) is 0 Å². The van der Waals surface area contributed by atoms with E-state index in [1.165, 1.54) is 4.31 Å². The summed E-state index contributed by atoms with van der Waals surface area (Å²) in [6.07, 6.45) is 4.05. The Kier molecular flexibility index (Phi) is 3.64. The molecule has 1 aromatic heterocycles. The van der Waals surface area contributed by atoms with Crippen molar-refractivity contribution in [3.63, 3.8) is 0 Å². The van der Waals surface area contributed by atoms with Gasteiger partial charge in [0.2, 0.25) is 9.47 Å². The number of aromatic nitrogens is 2. The number of anilines is 1. The fraction of sp³-hybridized carbons (Fsp3) is 0.778. The van der Waals surface area contributed by atoms with Crippen LogP contribution in [0, 0.1) is 0 Å². The summed E-state index contributed by atoms with van der Waals surface area (Å²) < 4.78 is 26.2. The normalized spacial score (nSPS) is 18.0. The summed E-state index contributed by atoms with van der Waals surface area (Å²) >= 11 is 0.923. The first-order valence-electron chi connectivity index (χ1n) is 5.66. The molecule has 17 heavy (non-hydrogen) atoms. The Labute approximate surface area is 105 Å². The molecule has 0 bridgehead atoms. The van der Waals surface area contributed by atoms with Gasteiger partial charge in [-0.15, -0.1) is 10.2 Å². The fourth-order valence-electron chi connectivity index (χ4n) is 2.24. The molecule has 1 aliphatic carbocycles. The number of sulfonamides is 1. The topological polar surface area (TPSA) is 89.2 Å². The Hall–Kier alpha value is -0.730. The molecule has 0 aliphatic heterocycles. The molecule has 1 heterocycles. The maximum absolute atomic E-state index is 12.3. The second-order valence-electron chi connectivity index (χ2n) is 4.05. The third-order valence-corrected chi connectivity index (χ3v) is 6.12. The summed E-state index contributed by atoms with van der Waals surface area (Å²) in [5.41, 5.74) is 5.43. The Morgan fingerprint density at radius 3 is 2.53 bits per heavy atom. The summed E-state index contributed by atoms with van der Waals surface area (Å²) in [5.74, 6) is 0. The van der Waals surface area contributed by atoms with Crippen LogP contribution < -0.4 is 5.73 Å². The third kappa shape index (κ3) is 2.43. The molecule has 0 amide bonds. The van der Waals surface area contributed by atoms with E-state index in [1.807, 2.05) is 6.92 Å². The second kappa shape index (κ2) is 4.87. The monoisotopic (exact) mass is 276 g/mol. The first-order chi connectivity index (χ1) is 8.05. The van der Waals surface area contributed by atoms with Crippen molar-refractivity contribution in [3.05, 3.63) is 0 Å². The van der Waals surface area contributed by atoms with Crippen LogP contribution in [-0.2, 0) is 10.0 Å². The van der Waals surface area contributed by atoms with Gasteiger partial charge in [0.05, 0.1) is 0 Å². The van der Waals surface area contributed by atoms with E-state index in [9.17, 15) is 8.42 Å². The lowest BCUT2D eigenvalue weighted by Crippen LogP contribution is -2.38. The number of hydrogen-bond donors (Lipinski definition) is 1. The van der Waals surface area contributed by atoms with Gasteiger partial charge in [-0.3, -0.25) is 0 Å². The smallest absolute Gasteiger partial charge is 0.272 e. The van der Waals surface area contributed by atoms with Crippen LogP contribution in [0.3, 0.4) is 0 Å². The lowest BCUT2D eigenvalue weighted by Gasteiger charge is -2.25. The van der Waals surface area contributed by atoms with Gasteiger partial charge in [0, 0.05) is 12.6 Å². The summed E-state index contributed by atoms with van der Waals surface area (Å²) in [6, 6.07) is 0.107. The van der Waals surface area contributed by atoms with Crippen LogP contribution in [0.25, 0.3) is 0 Å². The number of hydrogen-bond acceptors (Lipinski definition) is 6. The van der Waals surface area contributed by atoms with Crippen molar-refractivity contribution in [2.75, 3.05) is 12.3 Å². The molecule has 1 aromatic rings. The highest BCUT2D eigenvalue weighted by atomic mass is 32.2. The number of nitrogens with two attached hydrogens (primary N) is 1. The van der Waals surface area contributed by atoms with Crippen molar-refractivity contribution < 1.29 is 8.42 Å². The zero-order chi connectivity index (χ0) is 12.5. The average Bonchev–Trinajstić information content (AvgIpc) is 2.89. The van der Waals surface area contributed by atoms with Crippen molar-refractivity contribution >= 4 is 26.5 Å². The Morgan fingerprint density at radius 2 is 2.06 bits per heavy atom. The summed E-state index contributed by atoms with van der Waals surface area (Å²) in [6.45, 7) is 2.31. The van der Waals surface area contributed by atoms with E-state index in [2.05, 4.69) is 10.2 Å². The lowest BCUT2D eigenvalue weighted by molar-refractivity contribution is 0.335. The van der Waals surface area contributed by atoms with Crippen LogP contribution in [0.1, 0.15) is 32.6 Å². The minimum atomic E-state index is -3.52. The predicted octanol–water partition coefficient (Wildman–Crippen LogP) is 1.07. The van der Waals surface area contributed by atoms with E-state index < -0.39 is 10.0 Å². The standard InChI is InChI=1S/C9H16N4O2S2/c1-2-13(7-5-3-4-6-7)17(14,15)9-12-11-8(10)16-9/h7H,2-6H2,1H3,(H2,10,11). The first-order valence-corrected chi connectivity index (χ1v) is 7.92. The molecule has 0 unspecified atom stereocenters. The minimum Gasteiger partial charge on any atom is -0.374 e. The molecule has 0 saturated heterocycles. The van der Waals surface area contributed by atoms with Gasteiger partial charge in [0.1, 0.15) is 0 Å². The molecule has 2 N–H and O–H groups in total. The molecule has 96 valence electrons.